The van der Waals surface area contributed by atoms with Gasteiger partial charge in [0, 0.05) is 11.1 Å². The smallest absolute Gasteiger partial charge is 0.224 e. The maximum Gasteiger partial charge on any atom is 0.224 e. The average molecular weight is 493 g/mol. The van der Waals surface area contributed by atoms with E-state index in [1.54, 1.807) is 0 Å². The lowest BCUT2D eigenvalue weighted by molar-refractivity contribution is 0.565. The Balaban J connectivity index is 1.81. The molecular weight excluding hydrogens is 464 g/mol. The van der Waals surface area contributed by atoms with Crippen molar-refractivity contribution in [1.82, 2.24) is 0 Å². The van der Waals surface area contributed by atoms with Crippen molar-refractivity contribution in [1.29, 1.82) is 0 Å². The predicted octanol–water partition coefficient (Wildman–Crippen LogP) is 6.30. The molecule has 0 aliphatic heterocycles. The Morgan fingerprint density at radius 3 is 1.11 bits per heavy atom. The summed E-state index contributed by atoms with van der Waals surface area (Å²) in [4.78, 5) is 0. The van der Waals surface area contributed by atoms with Gasteiger partial charge < -0.3 is 4.42 Å². The zero-order chi connectivity index (χ0) is 25.1. The molecule has 0 saturated heterocycles. The number of aryl methyl sites for hydroxylation is 1. The maximum absolute atomic E-state index is 7.05. The monoisotopic (exact) mass is 492 g/mol. The molecule has 0 atom stereocenters. The van der Waals surface area contributed by atoms with Crippen molar-refractivity contribution < 1.29 is 4.42 Å². The van der Waals surface area contributed by atoms with Gasteiger partial charge in [-0.15, -0.1) is 0 Å². The zero-order valence-electron chi connectivity index (χ0n) is 20.8. The largest absolute Gasteiger partial charge is 0.469 e. The van der Waals surface area contributed by atoms with Gasteiger partial charge in [-0.2, -0.15) is 0 Å². The Morgan fingerprint density at radius 1 is 0.405 bits per heavy atom. The lowest BCUT2D eigenvalue weighted by atomic mass is 9.97. The first-order chi connectivity index (χ1) is 18.3. The van der Waals surface area contributed by atoms with Crippen molar-refractivity contribution in [3.8, 4) is 22.3 Å². The van der Waals surface area contributed by atoms with Crippen LogP contribution in [0.15, 0.2) is 156 Å². The fourth-order valence-corrected chi connectivity index (χ4v) is 10.4. The molecular formula is C35H28OSi. The lowest BCUT2D eigenvalue weighted by Crippen LogP contribution is -2.74. The molecule has 37 heavy (non-hydrogen) atoms. The van der Waals surface area contributed by atoms with Gasteiger partial charge >= 0.3 is 0 Å². The van der Waals surface area contributed by atoms with Gasteiger partial charge in [0.25, 0.3) is 0 Å². The number of benzene rings is 5. The highest BCUT2D eigenvalue weighted by molar-refractivity contribution is 7.19. The second kappa shape index (κ2) is 9.92. The standard InChI is InChI=1S/C35H28OSi/c1-27-33(28-17-7-2-8-18-28)34(29-19-9-3-10-20-29)35(36-27)37(30-21-11-4-12-22-30,31-23-13-5-14-24-31)32-25-15-6-16-26-32/h2-26H,1H3. The molecule has 0 spiro atoms. The second-order valence-corrected chi connectivity index (χ2v) is 13.0. The van der Waals surface area contributed by atoms with Crippen LogP contribution in [0.25, 0.3) is 22.3 Å². The molecule has 1 heterocycles. The van der Waals surface area contributed by atoms with Crippen LogP contribution in [-0.4, -0.2) is 8.07 Å². The number of hydrogen-bond acceptors (Lipinski definition) is 1. The summed E-state index contributed by atoms with van der Waals surface area (Å²) in [6, 6.07) is 54.3. The molecule has 0 aliphatic rings. The van der Waals surface area contributed by atoms with Crippen LogP contribution < -0.4 is 20.9 Å². The second-order valence-electron chi connectivity index (χ2n) is 9.32. The summed E-state index contributed by atoms with van der Waals surface area (Å²) in [5.41, 5.74) is 4.70. The van der Waals surface area contributed by atoms with Gasteiger partial charge in [-0.25, -0.2) is 0 Å². The molecule has 0 fully saturated rings. The third kappa shape index (κ3) is 3.96. The van der Waals surface area contributed by atoms with Gasteiger partial charge in [-0.3, -0.25) is 0 Å². The minimum Gasteiger partial charge on any atom is -0.469 e. The summed E-state index contributed by atoms with van der Waals surface area (Å²) >= 11 is 0. The average Bonchev–Trinajstić information content (AvgIpc) is 3.33. The molecule has 178 valence electrons. The van der Waals surface area contributed by atoms with Gasteiger partial charge in [0.15, 0.2) is 0 Å². The highest BCUT2D eigenvalue weighted by Crippen LogP contribution is 2.36. The van der Waals surface area contributed by atoms with Crippen molar-refractivity contribution in [2.24, 2.45) is 0 Å². The third-order valence-corrected chi connectivity index (χ3v) is 11.8. The van der Waals surface area contributed by atoms with E-state index < -0.39 is 8.07 Å². The van der Waals surface area contributed by atoms with E-state index in [0.29, 0.717) is 0 Å². The molecule has 0 unspecified atom stereocenters. The van der Waals surface area contributed by atoms with Crippen LogP contribution in [0.3, 0.4) is 0 Å². The minimum atomic E-state index is -2.84. The van der Waals surface area contributed by atoms with Crippen LogP contribution >= 0.6 is 0 Å². The molecule has 0 radical (unpaired) electrons. The summed E-state index contributed by atoms with van der Waals surface area (Å²) in [5, 5.41) is 4.98. The molecule has 6 rings (SSSR count). The number of rotatable bonds is 6. The molecule has 0 saturated carbocycles. The zero-order valence-corrected chi connectivity index (χ0v) is 21.8. The highest BCUT2D eigenvalue weighted by atomic mass is 28.3. The van der Waals surface area contributed by atoms with Gasteiger partial charge in [0.2, 0.25) is 8.07 Å². The van der Waals surface area contributed by atoms with Crippen molar-refractivity contribution in [2.45, 2.75) is 6.92 Å². The molecule has 0 N–H and O–H groups in total. The molecule has 0 bridgehead atoms. The SMILES string of the molecule is Cc1oc([Si](c2ccccc2)(c2ccccc2)c2ccccc2)c(-c2ccccc2)c1-c1ccccc1. The van der Waals surface area contributed by atoms with E-state index >= 15 is 0 Å². The minimum absolute atomic E-state index is 0.944. The van der Waals surface area contributed by atoms with E-state index in [1.807, 2.05) is 0 Å². The first-order valence-electron chi connectivity index (χ1n) is 12.7. The van der Waals surface area contributed by atoms with Crippen LogP contribution in [0.1, 0.15) is 5.76 Å². The summed E-state index contributed by atoms with van der Waals surface area (Å²) in [6.07, 6.45) is 0. The van der Waals surface area contributed by atoms with Crippen molar-refractivity contribution in [2.75, 3.05) is 0 Å². The number of furan rings is 1. The van der Waals surface area contributed by atoms with Crippen LogP contribution in [-0.2, 0) is 0 Å². The van der Waals surface area contributed by atoms with E-state index in [1.165, 1.54) is 37.8 Å². The molecule has 2 heteroatoms. The molecule has 5 aromatic carbocycles. The van der Waals surface area contributed by atoms with Crippen molar-refractivity contribution in [3.05, 3.63) is 157 Å². The topological polar surface area (TPSA) is 13.1 Å². The van der Waals surface area contributed by atoms with E-state index in [-0.39, 0.29) is 0 Å². The molecule has 0 amide bonds. The first kappa shape index (κ1) is 23.0. The fraction of sp³-hybridized carbons (Fsp3) is 0.0286. The van der Waals surface area contributed by atoms with Gasteiger partial charge in [0.1, 0.15) is 11.1 Å². The van der Waals surface area contributed by atoms with Crippen LogP contribution in [0.5, 0.6) is 0 Å². The Morgan fingerprint density at radius 2 is 0.730 bits per heavy atom. The highest BCUT2D eigenvalue weighted by Gasteiger charge is 2.47. The van der Waals surface area contributed by atoms with Gasteiger partial charge in [0.05, 0.1) is 0 Å². The van der Waals surface area contributed by atoms with E-state index in [4.69, 9.17) is 4.42 Å². The van der Waals surface area contributed by atoms with Crippen molar-refractivity contribution in [3.63, 3.8) is 0 Å². The van der Waals surface area contributed by atoms with Gasteiger partial charge in [-0.1, -0.05) is 152 Å². The Hall–Kier alpha value is -4.40. The molecule has 1 aromatic heterocycles. The van der Waals surface area contributed by atoms with E-state index in [9.17, 15) is 0 Å². The summed E-state index contributed by atoms with van der Waals surface area (Å²) < 4.78 is 7.05. The first-order valence-corrected chi connectivity index (χ1v) is 14.7. The third-order valence-electron chi connectivity index (χ3n) is 7.17. The van der Waals surface area contributed by atoms with E-state index in [2.05, 4.69) is 159 Å². The number of hydrogen-bond donors (Lipinski definition) is 0. The summed E-state index contributed by atoms with van der Waals surface area (Å²) in [5.74, 6) is 0.944. The van der Waals surface area contributed by atoms with E-state index in [0.717, 1.165) is 11.1 Å². The Labute approximate surface area is 219 Å². The van der Waals surface area contributed by atoms with Gasteiger partial charge in [-0.05, 0) is 33.6 Å². The van der Waals surface area contributed by atoms with Crippen LogP contribution in [0.4, 0.5) is 0 Å². The normalized spacial score (nSPS) is 11.4. The predicted molar refractivity (Wildman–Crippen MR) is 158 cm³/mol. The summed E-state index contributed by atoms with van der Waals surface area (Å²) in [7, 11) is -2.84. The van der Waals surface area contributed by atoms with Crippen molar-refractivity contribution >= 4 is 29.0 Å². The lowest BCUT2D eigenvalue weighted by Gasteiger charge is -2.32. The fourth-order valence-electron chi connectivity index (χ4n) is 5.60. The Bertz CT molecular complexity index is 1490. The quantitative estimate of drug-likeness (QED) is 0.196. The molecule has 0 aliphatic carbocycles. The maximum atomic E-state index is 7.05. The Kier molecular flexibility index (Phi) is 6.17. The molecule has 6 aromatic rings. The summed E-state index contributed by atoms with van der Waals surface area (Å²) in [6.45, 7) is 2.11. The van der Waals surface area contributed by atoms with Crippen LogP contribution in [0.2, 0.25) is 0 Å². The van der Waals surface area contributed by atoms with Crippen LogP contribution in [0, 0.1) is 6.92 Å². The molecule has 1 nitrogen and oxygen atoms in total.